The van der Waals surface area contributed by atoms with E-state index in [4.69, 9.17) is 4.74 Å². The van der Waals surface area contributed by atoms with Gasteiger partial charge in [0.15, 0.2) is 0 Å². The molecule has 2 aromatic carbocycles. The first kappa shape index (κ1) is 15.0. The van der Waals surface area contributed by atoms with Crippen LogP contribution >= 0.6 is 0 Å². The first-order chi connectivity index (χ1) is 10.2. The highest BCUT2D eigenvalue weighted by Gasteiger charge is 2.15. The minimum atomic E-state index is -0.686. The van der Waals surface area contributed by atoms with Gasteiger partial charge in [-0.15, -0.1) is 0 Å². The van der Waals surface area contributed by atoms with Crippen LogP contribution in [0.25, 0.3) is 0 Å². The van der Waals surface area contributed by atoms with E-state index in [9.17, 15) is 9.18 Å². The second-order valence-electron chi connectivity index (χ2n) is 4.82. The van der Waals surface area contributed by atoms with Crippen molar-refractivity contribution in [3.8, 4) is 0 Å². The lowest BCUT2D eigenvalue weighted by atomic mass is 10.1. The number of ether oxygens (including phenoxy) is 1. The number of hydrogen-bond acceptors (Lipinski definition) is 2. The molecular formula is C17H18FNO2. The minimum absolute atomic E-state index is 0.166. The van der Waals surface area contributed by atoms with E-state index in [1.54, 1.807) is 12.1 Å². The number of halogens is 1. The summed E-state index contributed by atoms with van der Waals surface area (Å²) < 4.78 is 18.2. The highest BCUT2D eigenvalue weighted by Crippen LogP contribution is 2.15. The molecule has 0 saturated carbocycles. The van der Waals surface area contributed by atoms with E-state index in [1.807, 2.05) is 49.4 Å². The van der Waals surface area contributed by atoms with Gasteiger partial charge < -0.3 is 10.1 Å². The quantitative estimate of drug-likeness (QED) is 0.904. The predicted octanol–water partition coefficient (Wildman–Crippen LogP) is 3.93. The zero-order valence-electron chi connectivity index (χ0n) is 11.9. The van der Waals surface area contributed by atoms with Gasteiger partial charge in [0.1, 0.15) is 13.3 Å². The number of rotatable bonds is 5. The van der Waals surface area contributed by atoms with E-state index in [0.29, 0.717) is 0 Å². The fourth-order valence-electron chi connectivity index (χ4n) is 1.92. The minimum Gasteiger partial charge on any atom is -0.445 e. The Morgan fingerprint density at radius 3 is 2.43 bits per heavy atom. The molecule has 3 nitrogen and oxygen atoms in total. The Hall–Kier alpha value is -2.36. The third-order valence-electron chi connectivity index (χ3n) is 3.14. The molecule has 0 fully saturated rings. The first-order valence-electron chi connectivity index (χ1n) is 6.79. The lowest BCUT2D eigenvalue weighted by Crippen LogP contribution is -2.30. The average Bonchev–Trinajstić information content (AvgIpc) is 2.52. The number of alkyl halides is 1. The maximum Gasteiger partial charge on any atom is 0.408 e. The van der Waals surface area contributed by atoms with E-state index < -0.39 is 18.8 Å². The first-order valence-corrected chi connectivity index (χ1v) is 6.79. The highest BCUT2D eigenvalue weighted by atomic mass is 19.1. The molecule has 0 aliphatic rings. The van der Waals surface area contributed by atoms with Crippen LogP contribution in [0.2, 0.25) is 0 Å². The fraction of sp³-hybridized carbons (Fsp3) is 0.235. The lowest BCUT2D eigenvalue weighted by molar-refractivity contribution is 0.133. The second-order valence-corrected chi connectivity index (χ2v) is 4.82. The summed E-state index contributed by atoms with van der Waals surface area (Å²) in [5, 5.41) is 2.54. The standard InChI is InChI=1S/C17H18FNO2/c1-13-7-9-15(10-8-13)16(11-18)19-17(20)21-12-14-5-3-2-4-6-14/h2-10,16H,11-12H2,1H3,(H,19,20). The van der Waals surface area contributed by atoms with Crippen LogP contribution in [0.4, 0.5) is 9.18 Å². The van der Waals surface area contributed by atoms with Gasteiger partial charge >= 0.3 is 6.09 Å². The normalized spacial score (nSPS) is 11.7. The number of amides is 1. The molecule has 0 bridgehead atoms. The zero-order valence-corrected chi connectivity index (χ0v) is 11.9. The molecule has 1 amide bonds. The molecule has 1 N–H and O–H groups in total. The van der Waals surface area contributed by atoms with Crippen molar-refractivity contribution in [2.45, 2.75) is 19.6 Å². The summed E-state index contributed by atoms with van der Waals surface area (Å²) in [6.07, 6.45) is -0.623. The molecule has 1 atom stereocenters. The van der Waals surface area contributed by atoms with Gasteiger partial charge in [0, 0.05) is 0 Å². The van der Waals surface area contributed by atoms with Crippen LogP contribution in [0.15, 0.2) is 54.6 Å². The van der Waals surface area contributed by atoms with Crippen molar-refractivity contribution >= 4 is 6.09 Å². The average molecular weight is 287 g/mol. The number of benzene rings is 2. The maximum absolute atomic E-state index is 13.1. The van der Waals surface area contributed by atoms with E-state index in [1.165, 1.54) is 0 Å². The van der Waals surface area contributed by atoms with Crippen LogP contribution in [0.5, 0.6) is 0 Å². The van der Waals surface area contributed by atoms with E-state index >= 15 is 0 Å². The van der Waals surface area contributed by atoms with Gasteiger partial charge in [0.05, 0.1) is 6.04 Å². The molecular weight excluding hydrogens is 269 g/mol. The number of carbonyl (C=O) groups excluding carboxylic acids is 1. The molecule has 0 radical (unpaired) electrons. The summed E-state index contributed by atoms with van der Waals surface area (Å²) in [5.41, 5.74) is 2.70. The lowest BCUT2D eigenvalue weighted by Gasteiger charge is -2.16. The van der Waals surface area contributed by atoms with Crippen LogP contribution in [0.3, 0.4) is 0 Å². The number of alkyl carbamates (subject to hydrolysis) is 1. The summed E-state index contributed by atoms with van der Waals surface area (Å²) in [6, 6.07) is 16.0. The molecule has 0 spiro atoms. The molecule has 21 heavy (non-hydrogen) atoms. The van der Waals surface area contributed by atoms with Gasteiger partial charge in [-0.25, -0.2) is 9.18 Å². The predicted molar refractivity (Wildman–Crippen MR) is 79.7 cm³/mol. The van der Waals surface area contributed by atoms with Crippen molar-refractivity contribution in [2.24, 2.45) is 0 Å². The Kier molecular flexibility index (Phi) is 5.32. The smallest absolute Gasteiger partial charge is 0.408 e. The van der Waals surface area contributed by atoms with Crippen LogP contribution in [-0.2, 0) is 11.3 Å². The van der Waals surface area contributed by atoms with Gasteiger partial charge in [-0.1, -0.05) is 60.2 Å². The fourth-order valence-corrected chi connectivity index (χ4v) is 1.92. The Balaban J connectivity index is 1.89. The molecule has 2 rings (SSSR count). The topological polar surface area (TPSA) is 38.3 Å². The molecule has 0 aromatic heterocycles. The third kappa shape index (κ3) is 4.60. The van der Waals surface area contributed by atoms with Crippen molar-refractivity contribution in [2.75, 3.05) is 6.67 Å². The van der Waals surface area contributed by atoms with Crippen LogP contribution < -0.4 is 5.32 Å². The van der Waals surface area contributed by atoms with Crippen molar-refractivity contribution in [3.63, 3.8) is 0 Å². The third-order valence-corrected chi connectivity index (χ3v) is 3.14. The SMILES string of the molecule is Cc1ccc(C(CF)NC(=O)OCc2ccccc2)cc1. The molecule has 0 saturated heterocycles. The molecule has 1 unspecified atom stereocenters. The van der Waals surface area contributed by atoms with E-state index in [-0.39, 0.29) is 6.61 Å². The Labute approximate surface area is 123 Å². The maximum atomic E-state index is 13.1. The number of aryl methyl sites for hydroxylation is 1. The van der Waals surface area contributed by atoms with Crippen LogP contribution in [-0.4, -0.2) is 12.8 Å². The summed E-state index contributed by atoms with van der Waals surface area (Å²) in [6.45, 7) is 1.44. The summed E-state index contributed by atoms with van der Waals surface area (Å²) in [5.74, 6) is 0. The van der Waals surface area contributed by atoms with Crippen LogP contribution in [0.1, 0.15) is 22.7 Å². The molecule has 0 aliphatic carbocycles. The molecule has 0 aliphatic heterocycles. The van der Waals surface area contributed by atoms with E-state index in [0.717, 1.165) is 16.7 Å². The van der Waals surface area contributed by atoms with Gasteiger partial charge in [-0.05, 0) is 18.1 Å². The number of nitrogens with one attached hydrogen (secondary N) is 1. The Bertz CT molecular complexity index is 569. The largest absolute Gasteiger partial charge is 0.445 e. The highest BCUT2D eigenvalue weighted by molar-refractivity contribution is 5.68. The molecule has 0 heterocycles. The van der Waals surface area contributed by atoms with Gasteiger partial charge in [0.2, 0.25) is 0 Å². The monoisotopic (exact) mass is 287 g/mol. The van der Waals surface area contributed by atoms with Crippen LogP contribution in [0, 0.1) is 6.92 Å². The Morgan fingerprint density at radius 1 is 1.14 bits per heavy atom. The molecule has 2 aromatic rings. The summed E-state index contributed by atoms with van der Waals surface area (Å²) in [7, 11) is 0. The van der Waals surface area contributed by atoms with Crippen molar-refractivity contribution in [3.05, 3.63) is 71.3 Å². The van der Waals surface area contributed by atoms with E-state index in [2.05, 4.69) is 5.32 Å². The summed E-state index contributed by atoms with van der Waals surface area (Å²) >= 11 is 0. The van der Waals surface area contributed by atoms with Crippen molar-refractivity contribution in [1.29, 1.82) is 0 Å². The van der Waals surface area contributed by atoms with Crippen molar-refractivity contribution in [1.82, 2.24) is 5.32 Å². The zero-order chi connectivity index (χ0) is 15.1. The number of hydrogen-bond donors (Lipinski definition) is 1. The van der Waals surface area contributed by atoms with Gasteiger partial charge in [-0.3, -0.25) is 0 Å². The molecule has 110 valence electrons. The Morgan fingerprint density at radius 2 is 1.81 bits per heavy atom. The summed E-state index contributed by atoms with van der Waals surface area (Å²) in [4.78, 5) is 11.7. The van der Waals surface area contributed by atoms with Gasteiger partial charge in [-0.2, -0.15) is 0 Å². The number of carbonyl (C=O) groups is 1. The van der Waals surface area contributed by atoms with Gasteiger partial charge in [0.25, 0.3) is 0 Å². The molecule has 4 heteroatoms. The second kappa shape index (κ2) is 7.43. The van der Waals surface area contributed by atoms with Crippen molar-refractivity contribution < 1.29 is 13.9 Å².